The number of fused-ring (bicyclic) bond motifs is 6. The summed E-state index contributed by atoms with van der Waals surface area (Å²) in [6, 6.07) is 16.3. The molecule has 5 nitrogen and oxygen atoms in total. The molecule has 0 saturated carbocycles. The van der Waals surface area contributed by atoms with Gasteiger partial charge < -0.3 is 19.1 Å². The van der Waals surface area contributed by atoms with E-state index in [1.54, 1.807) is 7.11 Å². The second-order valence-electron chi connectivity index (χ2n) is 9.19. The van der Waals surface area contributed by atoms with Gasteiger partial charge in [0.05, 0.1) is 12.6 Å². The van der Waals surface area contributed by atoms with Crippen LogP contribution < -0.4 is 9.47 Å². The average Bonchev–Trinajstić information content (AvgIpc) is 3.20. The molecule has 1 atom stereocenters. The third-order valence-electron chi connectivity index (χ3n) is 7.36. The molecule has 6 rings (SSSR count). The Morgan fingerprint density at radius 2 is 1.86 bits per heavy atom. The zero-order valence-corrected chi connectivity index (χ0v) is 19.4. The molecule has 2 aliphatic rings. The third-order valence-corrected chi connectivity index (χ3v) is 7.36. The number of benzene rings is 3. The second-order valence-corrected chi connectivity index (χ2v) is 9.19. The minimum absolute atomic E-state index is 0. The number of aliphatic hydroxyl groups is 1. The van der Waals surface area contributed by atoms with E-state index in [4.69, 9.17) is 9.47 Å². The summed E-state index contributed by atoms with van der Waals surface area (Å²) >= 11 is 0. The molecule has 0 radical (unpaired) electrons. The fourth-order valence-corrected chi connectivity index (χ4v) is 5.64. The molecule has 0 bridgehead atoms. The molecule has 3 aromatic carbocycles. The summed E-state index contributed by atoms with van der Waals surface area (Å²) in [5.74, 6) is -0.548. The Kier molecular flexibility index (Phi) is 6.45. The van der Waals surface area contributed by atoms with Crippen LogP contribution in [0.2, 0.25) is 0 Å². The molecule has 1 N–H and O–H groups in total. The maximum atomic E-state index is 13.6. The van der Waals surface area contributed by atoms with E-state index in [2.05, 4.69) is 17.0 Å². The molecule has 0 aliphatic carbocycles. The number of halogens is 2. The SMILES string of the molecule is C.COc1cc2c(cc1OCc1ccc(F)c(F)c1)C1Cc3c(n(CO)c4ccccc34)CN1CC2. The lowest BCUT2D eigenvalue weighted by Crippen LogP contribution is -2.39. The molecule has 1 unspecified atom stereocenters. The Labute approximate surface area is 209 Å². The highest BCUT2D eigenvalue weighted by Crippen LogP contribution is 2.44. The summed E-state index contributed by atoms with van der Waals surface area (Å²) in [6.07, 6.45) is 1.73. The van der Waals surface area contributed by atoms with Crippen LogP contribution in [0.4, 0.5) is 8.78 Å². The summed E-state index contributed by atoms with van der Waals surface area (Å²) < 4.78 is 40.6. The van der Waals surface area contributed by atoms with E-state index in [0.29, 0.717) is 17.1 Å². The van der Waals surface area contributed by atoms with Crippen LogP contribution in [0.15, 0.2) is 54.6 Å². The smallest absolute Gasteiger partial charge is 0.162 e. The minimum atomic E-state index is -0.890. The number of para-hydroxylation sites is 1. The number of ether oxygens (including phenoxy) is 2. The van der Waals surface area contributed by atoms with E-state index in [9.17, 15) is 13.9 Å². The highest BCUT2D eigenvalue weighted by atomic mass is 19.2. The maximum absolute atomic E-state index is 13.6. The number of rotatable bonds is 5. The van der Waals surface area contributed by atoms with Gasteiger partial charge in [-0.2, -0.15) is 0 Å². The maximum Gasteiger partial charge on any atom is 0.162 e. The van der Waals surface area contributed by atoms with Gasteiger partial charge in [0.15, 0.2) is 23.1 Å². The van der Waals surface area contributed by atoms with Gasteiger partial charge in [-0.1, -0.05) is 31.7 Å². The fourth-order valence-electron chi connectivity index (χ4n) is 5.64. The van der Waals surface area contributed by atoms with Crippen LogP contribution in [0, 0.1) is 11.6 Å². The van der Waals surface area contributed by atoms with E-state index in [1.165, 1.54) is 33.8 Å². The fraction of sp³-hybridized carbons (Fsp3) is 0.310. The highest BCUT2D eigenvalue weighted by Gasteiger charge is 2.35. The Bertz CT molecular complexity index is 1430. The van der Waals surface area contributed by atoms with Crippen molar-refractivity contribution in [3.63, 3.8) is 0 Å². The number of aliphatic hydroxyl groups excluding tert-OH is 1. The van der Waals surface area contributed by atoms with Gasteiger partial charge in [-0.3, -0.25) is 4.90 Å². The van der Waals surface area contributed by atoms with Gasteiger partial charge in [0.2, 0.25) is 0 Å². The molecule has 1 aromatic heterocycles. The van der Waals surface area contributed by atoms with Crippen LogP contribution in [0.25, 0.3) is 10.9 Å². The van der Waals surface area contributed by atoms with Crippen molar-refractivity contribution in [1.82, 2.24) is 9.47 Å². The molecule has 0 spiro atoms. The topological polar surface area (TPSA) is 46.9 Å². The Morgan fingerprint density at radius 3 is 2.64 bits per heavy atom. The monoisotopic (exact) mass is 492 g/mol. The predicted octanol–water partition coefficient (Wildman–Crippen LogP) is 5.75. The van der Waals surface area contributed by atoms with Crippen LogP contribution in [0.3, 0.4) is 0 Å². The summed E-state index contributed by atoms with van der Waals surface area (Å²) in [7, 11) is 1.61. The van der Waals surface area contributed by atoms with Crippen molar-refractivity contribution in [1.29, 1.82) is 0 Å². The van der Waals surface area contributed by atoms with Crippen LogP contribution >= 0.6 is 0 Å². The Hall–Kier alpha value is -3.42. The number of methoxy groups -OCH3 is 1. The molecule has 4 aromatic rings. The lowest BCUT2D eigenvalue weighted by molar-refractivity contribution is 0.145. The van der Waals surface area contributed by atoms with Gasteiger partial charge in [0.25, 0.3) is 0 Å². The third kappa shape index (κ3) is 3.92. The quantitative estimate of drug-likeness (QED) is 0.386. The van der Waals surface area contributed by atoms with E-state index in [0.717, 1.165) is 43.6 Å². The zero-order valence-electron chi connectivity index (χ0n) is 19.4. The summed E-state index contributed by atoms with van der Waals surface area (Å²) in [5.41, 5.74) is 6.50. The molecule has 7 heteroatoms. The molecule has 0 saturated heterocycles. The molecule has 0 fully saturated rings. The van der Waals surface area contributed by atoms with E-state index < -0.39 is 11.6 Å². The first-order valence-electron chi connectivity index (χ1n) is 11.8. The van der Waals surface area contributed by atoms with Gasteiger partial charge in [-0.15, -0.1) is 0 Å². The van der Waals surface area contributed by atoms with Gasteiger partial charge in [-0.25, -0.2) is 8.78 Å². The summed E-state index contributed by atoms with van der Waals surface area (Å²) in [5, 5.41) is 11.3. The lowest BCUT2D eigenvalue weighted by Gasteiger charge is -2.41. The Morgan fingerprint density at radius 1 is 1.03 bits per heavy atom. The molecular weight excluding hydrogens is 462 g/mol. The summed E-state index contributed by atoms with van der Waals surface area (Å²) in [4.78, 5) is 2.46. The highest BCUT2D eigenvalue weighted by molar-refractivity contribution is 5.86. The number of nitrogens with zero attached hydrogens (tertiary/aromatic N) is 2. The molecule has 188 valence electrons. The van der Waals surface area contributed by atoms with Crippen molar-refractivity contribution in [2.45, 2.75) is 46.2 Å². The number of hydrogen-bond acceptors (Lipinski definition) is 4. The first-order valence-corrected chi connectivity index (χ1v) is 11.8. The van der Waals surface area contributed by atoms with Crippen molar-refractivity contribution in [3.8, 4) is 11.5 Å². The summed E-state index contributed by atoms with van der Waals surface area (Å²) in [6.45, 7) is 1.76. The molecular formula is C29H30F2N2O3. The normalized spacial score (nSPS) is 16.6. The first-order chi connectivity index (χ1) is 17.1. The van der Waals surface area contributed by atoms with Crippen molar-refractivity contribution in [3.05, 3.63) is 94.2 Å². The van der Waals surface area contributed by atoms with Gasteiger partial charge in [0.1, 0.15) is 13.3 Å². The number of aromatic nitrogens is 1. The van der Waals surface area contributed by atoms with Gasteiger partial charge in [-0.05, 0) is 65.4 Å². The van der Waals surface area contributed by atoms with E-state index >= 15 is 0 Å². The molecule has 0 amide bonds. The first kappa shape index (κ1) is 24.3. The predicted molar refractivity (Wildman–Crippen MR) is 135 cm³/mol. The van der Waals surface area contributed by atoms with Gasteiger partial charge in [0, 0.05) is 30.2 Å². The molecule has 3 heterocycles. The van der Waals surface area contributed by atoms with Crippen molar-refractivity contribution in [2.24, 2.45) is 0 Å². The van der Waals surface area contributed by atoms with Gasteiger partial charge >= 0.3 is 0 Å². The molecule has 2 aliphatic heterocycles. The minimum Gasteiger partial charge on any atom is -0.493 e. The van der Waals surface area contributed by atoms with Crippen molar-refractivity contribution in [2.75, 3.05) is 13.7 Å². The Balaban J connectivity index is 0.00000267. The van der Waals surface area contributed by atoms with E-state index in [-0.39, 0.29) is 26.8 Å². The van der Waals surface area contributed by atoms with Crippen LogP contribution in [0.1, 0.15) is 41.4 Å². The van der Waals surface area contributed by atoms with Crippen molar-refractivity contribution >= 4 is 10.9 Å². The van der Waals surface area contributed by atoms with Crippen LogP contribution in [-0.2, 0) is 32.7 Å². The zero-order chi connectivity index (χ0) is 24.1. The number of hydrogen-bond donors (Lipinski definition) is 1. The van der Waals surface area contributed by atoms with Crippen LogP contribution in [0.5, 0.6) is 11.5 Å². The standard InChI is InChI=1S/C28H26F2N2O3.CH4/c1-34-27-11-18-8-9-31-14-26-21(19-4-2-3-5-24(19)32(26)16-33)12-25(31)20(18)13-28(27)35-15-17-6-7-22(29)23(30)10-17;/h2-7,10-11,13,25,33H,8-9,12,14-16H2,1H3;1H4. The molecule has 36 heavy (non-hydrogen) atoms. The largest absolute Gasteiger partial charge is 0.493 e. The van der Waals surface area contributed by atoms with Crippen molar-refractivity contribution < 1.29 is 23.4 Å². The average molecular weight is 493 g/mol. The van der Waals surface area contributed by atoms with E-state index in [1.807, 2.05) is 28.8 Å². The van der Waals surface area contributed by atoms with Crippen LogP contribution in [-0.4, -0.2) is 28.2 Å². The lowest BCUT2D eigenvalue weighted by atomic mass is 9.85. The second kappa shape index (κ2) is 9.56.